The fourth-order valence-electron chi connectivity index (χ4n) is 1.31. The van der Waals surface area contributed by atoms with Crippen molar-refractivity contribution < 1.29 is 22.6 Å². The summed E-state index contributed by atoms with van der Waals surface area (Å²) >= 11 is 0. The van der Waals surface area contributed by atoms with Crippen LogP contribution in [0.25, 0.3) is 0 Å². The van der Waals surface area contributed by atoms with E-state index in [1.54, 1.807) is 18.2 Å². The predicted octanol–water partition coefficient (Wildman–Crippen LogP) is 0.00310. The molecule has 2 amide bonds. The fourth-order valence-corrected chi connectivity index (χ4v) is 1.31. The number of amides is 2. The zero-order valence-corrected chi connectivity index (χ0v) is 9.82. The molecule has 0 spiro atoms. The molecule has 92 valence electrons. The molecule has 17 heavy (non-hydrogen) atoms. The molecule has 1 aliphatic heterocycles. The number of hydrogen-bond acceptors (Lipinski definition) is 4. The summed E-state index contributed by atoms with van der Waals surface area (Å²) in [5.41, 5.74) is 1.42. The number of carbonyl (C=O) groups is 2. The molecule has 0 atom stereocenters. The lowest BCUT2D eigenvalue weighted by Crippen LogP contribution is -2.37. The average molecular weight is 257 g/mol. The summed E-state index contributed by atoms with van der Waals surface area (Å²) in [5.74, 6) is -0.513. The van der Waals surface area contributed by atoms with Gasteiger partial charge in [-0.3, -0.25) is 19.5 Å². The zero-order valence-electron chi connectivity index (χ0n) is 9.00. The Kier molecular flexibility index (Phi) is 3.97. The molecular weight excluding hydrogens is 246 g/mol. The number of imide groups is 1. The van der Waals surface area contributed by atoms with Gasteiger partial charge in [0, 0.05) is 5.56 Å². The van der Waals surface area contributed by atoms with Gasteiger partial charge in [-0.15, -0.1) is 0 Å². The van der Waals surface area contributed by atoms with Gasteiger partial charge in [0.2, 0.25) is 5.91 Å². The van der Waals surface area contributed by atoms with Gasteiger partial charge in [-0.25, -0.2) is 0 Å². The van der Waals surface area contributed by atoms with E-state index in [0.717, 1.165) is 5.56 Å². The highest BCUT2D eigenvalue weighted by atomic mass is 32.2. The first kappa shape index (κ1) is 13.3. The minimum atomic E-state index is -3.67. The van der Waals surface area contributed by atoms with Crippen LogP contribution in [0.3, 0.4) is 0 Å². The van der Waals surface area contributed by atoms with Crippen molar-refractivity contribution in [1.29, 1.82) is 0 Å². The van der Waals surface area contributed by atoms with Crippen LogP contribution in [-0.4, -0.2) is 31.0 Å². The van der Waals surface area contributed by atoms with Crippen LogP contribution in [0.15, 0.2) is 24.3 Å². The smallest absolute Gasteiger partial charge is 0.261 e. The molecule has 0 unspecified atom stereocenters. The first-order valence-corrected chi connectivity index (χ1v) is 6.47. The maximum Gasteiger partial charge on any atom is 0.261 e. The standard InChI is InChI=1S/C9H7NO2.CH4O3S/c11-8-5-6-3-1-2-4-7(6)9(12)10-8;1-5(2,3)4/h1-4H,5H2,(H,10,11,12);1H3,(H,2,3,4). The molecule has 0 radical (unpaired) electrons. The lowest BCUT2D eigenvalue weighted by atomic mass is 10.0. The summed E-state index contributed by atoms with van der Waals surface area (Å²) in [4.78, 5) is 22.1. The monoisotopic (exact) mass is 257 g/mol. The van der Waals surface area contributed by atoms with E-state index in [9.17, 15) is 18.0 Å². The molecule has 2 rings (SSSR count). The van der Waals surface area contributed by atoms with Crippen LogP contribution in [0.4, 0.5) is 0 Å². The Morgan fingerprint density at radius 3 is 2.35 bits per heavy atom. The largest absolute Gasteiger partial charge is 0.292 e. The number of carbonyl (C=O) groups excluding carboxylic acids is 2. The third-order valence-electron chi connectivity index (χ3n) is 1.87. The van der Waals surface area contributed by atoms with Crippen LogP contribution in [-0.2, 0) is 21.3 Å². The van der Waals surface area contributed by atoms with E-state index in [1.165, 1.54) is 0 Å². The summed E-state index contributed by atoms with van der Waals surface area (Å²) in [7, 11) is -3.67. The van der Waals surface area contributed by atoms with E-state index in [4.69, 9.17) is 4.55 Å². The molecule has 1 heterocycles. The molecule has 1 aliphatic rings. The third kappa shape index (κ3) is 4.75. The second kappa shape index (κ2) is 5.07. The van der Waals surface area contributed by atoms with Crippen molar-refractivity contribution in [3.05, 3.63) is 35.4 Å². The van der Waals surface area contributed by atoms with E-state index in [1.807, 2.05) is 6.07 Å². The zero-order chi connectivity index (χ0) is 13.1. The Hall–Kier alpha value is -1.73. The van der Waals surface area contributed by atoms with Crippen LogP contribution >= 0.6 is 0 Å². The van der Waals surface area contributed by atoms with E-state index >= 15 is 0 Å². The maximum atomic E-state index is 11.2. The molecule has 0 saturated carbocycles. The van der Waals surface area contributed by atoms with E-state index in [0.29, 0.717) is 18.2 Å². The van der Waals surface area contributed by atoms with Gasteiger partial charge in [0.25, 0.3) is 16.0 Å². The van der Waals surface area contributed by atoms with Gasteiger partial charge >= 0.3 is 0 Å². The van der Waals surface area contributed by atoms with Gasteiger partial charge in [0.05, 0.1) is 12.7 Å². The minimum Gasteiger partial charge on any atom is -0.292 e. The molecule has 0 aliphatic carbocycles. The van der Waals surface area contributed by atoms with Crippen molar-refractivity contribution in [2.24, 2.45) is 0 Å². The summed E-state index contributed by atoms with van der Waals surface area (Å²) in [5, 5.41) is 2.26. The van der Waals surface area contributed by atoms with Gasteiger partial charge in [-0.1, -0.05) is 18.2 Å². The van der Waals surface area contributed by atoms with E-state index in [2.05, 4.69) is 5.32 Å². The Morgan fingerprint density at radius 2 is 1.76 bits per heavy atom. The first-order valence-electron chi connectivity index (χ1n) is 4.62. The number of benzene rings is 1. The number of hydrogen-bond donors (Lipinski definition) is 2. The Bertz CT molecular complexity index is 542. The SMILES string of the molecule is CS(=O)(=O)O.O=C1Cc2ccccc2C(=O)N1. The molecule has 0 fully saturated rings. The third-order valence-corrected chi connectivity index (χ3v) is 1.87. The fraction of sp³-hybridized carbons (Fsp3) is 0.200. The highest BCUT2D eigenvalue weighted by Gasteiger charge is 2.20. The summed E-state index contributed by atoms with van der Waals surface area (Å²) in [6.45, 7) is 0. The lowest BCUT2D eigenvalue weighted by Gasteiger charge is -2.13. The van der Waals surface area contributed by atoms with Crippen molar-refractivity contribution in [2.45, 2.75) is 6.42 Å². The van der Waals surface area contributed by atoms with Crippen molar-refractivity contribution in [3.8, 4) is 0 Å². The van der Waals surface area contributed by atoms with Gasteiger partial charge in [-0.05, 0) is 11.6 Å². The van der Waals surface area contributed by atoms with Gasteiger partial charge < -0.3 is 0 Å². The molecule has 7 heteroatoms. The van der Waals surface area contributed by atoms with Crippen LogP contribution in [0.5, 0.6) is 0 Å². The second-order valence-corrected chi connectivity index (χ2v) is 4.91. The number of rotatable bonds is 0. The van der Waals surface area contributed by atoms with E-state index in [-0.39, 0.29) is 11.8 Å². The van der Waals surface area contributed by atoms with Crippen molar-refractivity contribution in [2.75, 3.05) is 6.26 Å². The number of fused-ring (bicyclic) bond motifs is 1. The maximum absolute atomic E-state index is 11.2. The minimum absolute atomic E-state index is 0.223. The molecule has 2 N–H and O–H groups in total. The molecule has 1 aromatic rings. The van der Waals surface area contributed by atoms with Crippen molar-refractivity contribution >= 4 is 21.9 Å². The quantitative estimate of drug-likeness (QED) is 0.503. The Morgan fingerprint density at radius 1 is 1.24 bits per heavy atom. The van der Waals surface area contributed by atoms with Crippen LogP contribution in [0, 0.1) is 0 Å². The summed E-state index contributed by atoms with van der Waals surface area (Å²) in [6, 6.07) is 7.13. The summed E-state index contributed by atoms with van der Waals surface area (Å²) < 4.78 is 25.9. The molecule has 0 aromatic heterocycles. The second-order valence-electron chi connectivity index (χ2n) is 3.44. The molecule has 0 saturated heterocycles. The Labute approximate surface area is 98.4 Å². The predicted molar refractivity (Wildman–Crippen MR) is 60.1 cm³/mol. The van der Waals surface area contributed by atoms with Crippen LogP contribution in [0.1, 0.15) is 15.9 Å². The van der Waals surface area contributed by atoms with Gasteiger partial charge in [-0.2, -0.15) is 8.42 Å². The molecule has 6 nitrogen and oxygen atoms in total. The molecule has 0 bridgehead atoms. The first-order chi connectivity index (χ1) is 7.77. The Balaban J connectivity index is 0.000000249. The van der Waals surface area contributed by atoms with Gasteiger partial charge in [0.15, 0.2) is 0 Å². The highest BCUT2D eigenvalue weighted by Crippen LogP contribution is 2.12. The normalized spacial score (nSPS) is 14.2. The molecular formula is C10H11NO5S. The van der Waals surface area contributed by atoms with Crippen LogP contribution < -0.4 is 5.32 Å². The molecule has 1 aromatic carbocycles. The van der Waals surface area contributed by atoms with Crippen LogP contribution in [0.2, 0.25) is 0 Å². The average Bonchev–Trinajstić information content (AvgIpc) is 2.14. The number of nitrogens with one attached hydrogen (secondary N) is 1. The van der Waals surface area contributed by atoms with Crippen molar-refractivity contribution in [3.63, 3.8) is 0 Å². The van der Waals surface area contributed by atoms with Crippen molar-refractivity contribution in [1.82, 2.24) is 5.32 Å². The van der Waals surface area contributed by atoms with E-state index < -0.39 is 10.1 Å². The van der Waals surface area contributed by atoms with Gasteiger partial charge in [0.1, 0.15) is 0 Å². The summed E-state index contributed by atoms with van der Waals surface area (Å²) in [6.07, 6.45) is 1.02. The topological polar surface area (TPSA) is 101 Å². The lowest BCUT2D eigenvalue weighted by molar-refractivity contribution is -0.119. The highest BCUT2D eigenvalue weighted by molar-refractivity contribution is 7.85.